The average Bonchev–Trinajstić information content (AvgIpc) is 1.80. The number of aliphatic hydroxyl groups excluding tert-OH is 1. The quantitative estimate of drug-likeness (QED) is 0.339. The molecular formula is C4H9N3O2. The van der Waals surface area contributed by atoms with Crippen LogP contribution in [0.5, 0.6) is 0 Å². The van der Waals surface area contributed by atoms with Crippen LogP contribution < -0.4 is 11.2 Å². The number of amides is 2. The molecule has 0 bridgehead atoms. The second-order valence-electron chi connectivity index (χ2n) is 1.30. The lowest BCUT2D eigenvalue weighted by Gasteiger charge is -1.88. The summed E-state index contributed by atoms with van der Waals surface area (Å²) >= 11 is 0. The number of carbonyl (C=O) groups excluding carboxylic acids is 1. The van der Waals surface area contributed by atoms with E-state index in [9.17, 15) is 4.79 Å². The van der Waals surface area contributed by atoms with E-state index in [-0.39, 0.29) is 6.61 Å². The maximum absolute atomic E-state index is 9.90. The Labute approximate surface area is 52.5 Å². The predicted molar refractivity (Wildman–Crippen MR) is 32.9 cm³/mol. The van der Waals surface area contributed by atoms with Gasteiger partial charge in [-0.3, -0.25) is 0 Å². The summed E-state index contributed by atoms with van der Waals surface area (Å²) < 4.78 is 0. The van der Waals surface area contributed by atoms with Gasteiger partial charge in [-0.15, -0.1) is 0 Å². The normalized spacial score (nSPS) is 9.89. The monoisotopic (exact) mass is 131 g/mol. The Hall–Kier alpha value is -1.10. The molecule has 9 heavy (non-hydrogen) atoms. The Balaban J connectivity index is 3.14. The number of primary amides is 1. The number of nitrogens with zero attached hydrogens (tertiary/aromatic N) is 1. The lowest BCUT2D eigenvalue weighted by Crippen LogP contribution is -2.24. The summed E-state index contributed by atoms with van der Waals surface area (Å²) in [7, 11) is 0. The summed E-state index contributed by atoms with van der Waals surface area (Å²) in [5.74, 6) is 0. The van der Waals surface area contributed by atoms with Crippen LogP contribution in [0, 0.1) is 0 Å². The first-order valence-electron chi connectivity index (χ1n) is 2.45. The van der Waals surface area contributed by atoms with Crippen LogP contribution in [0.2, 0.25) is 0 Å². The molecule has 0 fully saturated rings. The second-order valence-corrected chi connectivity index (χ2v) is 1.30. The molecule has 0 aliphatic heterocycles. The van der Waals surface area contributed by atoms with E-state index >= 15 is 0 Å². The Kier molecular flexibility index (Phi) is 4.43. The summed E-state index contributed by atoms with van der Waals surface area (Å²) in [5, 5.41) is 11.5. The van der Waals surface area contributed by atoms with Crippen LogP contribution in [0.1, 0.15) is 6.42 Å². The van der Waals surface area contributed by atoms with Gasteiger partial charge in [0.15, 0.2) is 0 Å². The summed E-state index contributed by atoms with van der Waals surface area (Å²) in [6, 6.07) is -0.704. The molecule has 0 unspecified atom stereocenters. The molecule has 2 amide bonds. The minimum Gasteiger partial charge on any atom is -0.396 e. The van der Waals surface area contributed by atoms with E-state index in [0.717, 1.165) is 0 Å². The molecule has 0 aromatic carbocycles. The van der Waals surface area contributed by atoms with E-state index in [1.165, 1.54) is 6.21 Å². The van der Waals surface area contributed by atoms with Gasteiger partial charge >= 0.3 is 6.03 Å². The van der Waals surface area contributed by atoms with E-state index in [2.05, 4.69) is 10.8 Å². The number of carbonyl (C=O) groups is 1. The van der Waals surface area contributed by atoms with Crippen molar-refractivity contribution in [3.8, 4) is 0 Å². The first kappa shape index (κ1) is 7.90. The van der Waals surface area contributed by atoms with Crippen molar-refractivity contribution in [2.24, 2.45) is 10.8 Å². The van der Waals surface area contributed by atoms with Crippen LogP contribution in [0.25, 0.3) is 0 Å². The number of nitrogens with one attached hydrogen (secondary N) is 1. The number of aliphatic hydroxyl groups is 1. The Morgan fingerprint density at radius 1 is 1.89 bits per heavy atom. The summed E-state index contributed by atoms with van der Waals surface area (Å²) in [6.07, 6.45) is 1.78. The molecule has 0 rings (SSSR count). The minimum atomic E-state index is -0.704. The van der Waals surface area contributed by atoms with Gasteiger partial charge in [0.1, 0.15) is 0 Å². The summed E-state index contributed by atoms with van der Waals surface area (Å²) in [6.45, 7) is 0.0178. The zero-order valence-corrected chi connectivity index (χ0v) is 4.87. The molecule has 0 saturated heterocycles. The number of nitrogens with two attached hydrogens (primary N) is 1. The lowest BCUT2D eigenvalue weighted by atomic mass is 10.5. The predicted octanol–water partition coefficient (Wildman–Crippen LogP) is -0.977. The molecule has 0 radical (unpaired) electrons. The maximum Gasteiger partial charge on any atom is 0.332 e. The smallest absolute Gasteiger partial charge is 0.332 e. The standard InChI is InChI=1S/C4H9N3O2/c5-4(9)7-6-2-1-3-8/h2,8H,1,3H2,(H3,5,7,9)/b6-2+. The van der Waals surface area contributed by atoms with Gasteiger partial charge in [-0.1, -0.05) is 0 Å². The molecule has 5 nitrogen and oxygen atoms in total. The van der Waals surface area contributed by atoms with Crippen molar-refractivity contribution < 1.29 is 9.90 Å². The molecule has 5 heteroatoms. The molecule has 0 aliphatic rings. The molecule has 0 spiro atoms. The van der Waals surface area contributed by atoms with Crippen LogP contribution in [-0.2, 0) is 0 Å². The van der Waals surface area contributed by atoms with Crippen molar-refractivity contribution in [3.05, 3.63) is 0 Å². The van der Waals surface area contributed by atoms with Crippen LogP contribution in [0.4, 0.5) is 4.79 Å². The van der Waals surface area contributed by atoms with Gasteiger partial charge in [0.2, 0.25) is 0 Å². The third-order valence-electron chi connectivity index (χ3n) is 0.524. The van der Waals surface area contributed by atoms with E-state index < -0.39 is 6.03 Å². The van der Waals surface area contributed by atoms with Gasteiger partial charge in [-0.2, -0.15) is 5.10 Å². The van der Waals surface area contributed by atoms with Crippen LogP contribution in [0.3, 0.4) is 0 Å². The molecule has 52 valence electrons. The van der Waals surface area contributed by atoms with E-state index in [0.29, 0.717) is 6.42 Å². The SMILES string of the molecule is NC(=O)N/N=C/CCO. The summed E-state index contributed by atoms with van der Waals surface area (Å²) in [4.78, 5) is 9.90. The van der Waals surface area contributed by atoms with Crippen LogP contribution >= 0.6 is 0 Å². The average molecular weight is 131 g/mol. The number of hydrogen-bond donors (Lipinski definition) is 3. The first-order valence-corrected chi connectivity index (χ1v) is 2.45. The maximum atomic E-state index is 9.90. The van der Waals surface area contributed by atoms with Gasteiger partial charge in [0, 0.05) is 19.2 Å². The fraction of sp³-hybridized carbons (Fsp3) is 0.500. The zero-order valence-electron chi connectivity index (χ0n) is 4.87. The van der Waals surface area contributed by atoms with Crippen molar-refractivity contribution in [1.82, 2.24) is 5.43 Å². The van der Waals surface area contributed by atoms with E-state index in [1.807, 2.05) is 5.43 Å². The number of urea groups is 1. The zero-order chi connectivity index (χ0) is 7.11. The fourth-order valence-electron chi connectivity index (χ4n) is 0.232. The molecule has 0 aromatic heterocycles. The second kappa shape index (κ2) is 5.04. The van der Waals surface area contributed by atoms with Crippen LogP contribution in [-0.4, -0.2) is 24.0 Å². The Bertz CT molecular complexity index is 112. The molecule has 0 heterocycles. The van der Waals surface area contributed by atoms with Gasteiger partial charge in [0.05, 0.1) is 0 Å². The molecule has 0 atom stereocenters. The Morgan fingerprint density at radius 2 is 2.56 bits per heavy atom. The highest BCUT2D eigenvalue weighted by Crippen LogP contribution is 1.66. The fourth-order valence-corrected chi connectivity index (χ4v) is 0.232. The van der Waals surface area contributed by atoms with Crippen molar-refractivity contribution in [3.63, 3.8) is 0 Å². The van der Waals surface area contributed by atoms with Gasteiger partial charge in [-0.25, -0.2) is 10.2 Å². The molecule has 0 saturated carbocycles. The van der Waals surface area contributed by atoms with Crippen LogP contribution in [0.15, 0.2) is 5.10 Å². The van der Waals surface area contributed by atoms with Crippen molar-refractivity contribution in [2.45, 2.75) is 6.42 Å². The highest BCUT2D eigenvalue weighted by Gasteiger charge is 1.81. The highest BCUT2D eigenvalue weighted by atomic mass is 16.3. The van der Waals surface area contributed by atoms with E-state index in [1.54, 1.807) is 0 Å². The highest BCUT2D eigenvalue weighted by molar-refractivity contribution is 5.72. The topological polar surface area (TPSA) is 87.7 Å². The van der Waals surface area contributed by atoms with Gasteiger partial charge in [0.25, 0.3) is 0 Å². The molecule has 0 aliphatic carbocycles. The third kappa shape index (κ3) is 6.90. The van der Waals surface area contributed by atoms with Crippen molar-refractivity contribution in [1.29, 1.82) is 0 Å². The lowest BCUT2D eigenvalue weighted by molar-refractivity contribution is 0.249. The summed E-state index contributed by atoms with van der Waals surface area (Å²) in [5.41, 5.74) is 6.63. The number of hydrazone groups is 1. The van der Waals surface area contributed by atoms with Gasteiger partial charge in [-0.05, 0) is 0 Å². The van der Waals surface area contributed by atoms with Gasteiger partial charge < -0.3 is 10.8 Å². The Morgan fingerprint density at radius 3 is 3.00 bits per heavy atom. The van der Waals surface area contributed by atoms with E-state index in [4.69, 9.17) is 5.11 Å². The third-order valence-corrected chi connectivity index (χ3v) is 0.524. The van der Waals surface area contributed by atoms with Crippen molar-refractivity contribution in [2.75, 3.05) is 6.61 Å². The molecule has 0 aromatic rings. The minimum absolute atomic E-state index is 0.0178. The number of rotatable bonds is 3. The molecular weight excluding hydrogens is 122 g/mol. The largest absolute Gasteiger partial charge is 0.396 e. The number of hydrogen-bond acceptors (Lipinski definition) is 3. The van der Waals surface area contributed by atoms with Crippen molar-refractivity contribution >= 4 is 12.2 Å². The first-order chi connectivity index (χ1) is 4.27. The molecule has 4 N–H and O–H groups in total.